The van der Waals surface area contributed by atoms with Crippen molar-refractivity contribution in [2.24, 2.45) is 0 Å². The molecule has 0 saturated carbocycles. The summed E-state index contributed by atoms with van der Waals surface area (Å²) in [6.07, 6.45) is 2.67. The summed E-state index contributed by atoms with van der Waals surface area (Å²) < 4.78 is 38.7. The first kappa shape index (κ1) is 23.8. The van der Waals surface area contributed by atoms with E-state index < -0.39 is 15.9 Å². The smallest absolute Gasteiger partial charge is 0.251 e. The summed E-state index contributed by atoms with van der Waals surface area (Å²) in [5, 5.41) is 5.40. The van der Waals surface area contributed by atoms with E-state index in [0.29, 0.717) is 36.5 Å². The number of benzene rings is 2. The highest BCUT2D eigenvalue weighted by molar-refractivity contribution is 7.89. The summed E-state index contributed by atoms with van der Waals surface area (Å²) in [7, 11) is -3.79. The van der Waals surface area contributed by atoms with E-state index in [-0.39, 0.29) is 29.8 Å². The maximum Gasteiger partial charge on any atom is 0.251 e. The van der Waals surface area contributed by atoms with Crippen molar-refractivity contribution in [1.29, 1.82) is 0 Å². The van der Waals surface area contributed by atoms with E-state index in [4.69, 9.17) is 9.15 Å². The zero-order valence-electron chi connectivity index (χ0n) is 19.5. The van der Waals surface area contributed by atoms with Gasteiger partial charge in [0.2, 0.25) is 15.9 Å². The lowest BCUT2D eigenvalue weighted by molar-refractivity contribution is -0.112. The van der Waals surface area contributed by atoms with Gasteiger partial charge in [0.1, 0.15) is 11.5 Å². The highest BCUT2D eigenvalue weighted by Gasteiger charge is 2.33. The molecule has 2 aliphatic heterocycles. The molecule has 36 heavy (non-hydrogen) atoms. The molecule has 0 saturated heterocycles. The average molecular weight is 508 g/mol. The molecule has 1 aromatic heterocycles. The number of nitrogens with zero attached hydrogens (tertiary/aromatic N) is 1. The first-order valence-electron chi connectivity index (χ1n) is 11.5. The highest BCUT2D eigenvalue weighted by Crippen LogP contribution is 2.33. The van der Waals surface area contributed by atoms with Crippen LogP contribution >= 0.6 is 0 Å². The van der Waals surface area contributed by atoms with E-state index in [0.717, 1.165) is 23.8 Å². The third kappa shape index (κ3) is 4.65. The van der Waals surface area contributed by atoms with Crippen molar-refractivity contribution in [3.8, 4) is 5.75 Å². The largest absolute Gasteiger partial charge is 0.493 e. The van der Waals surface area contributed by atoms with Crippen molar-refractivity contribution >= 4 is 27.7 Å². The Balaban J connectivity index is 1.18. The Morgan fingerprint density at radius 3 is 2.64 bits per heavy atom. The Hall–Kier alpha value is -3.89. The SMILES string of the molecule is C=CC(=O)Nc1cc2c(o1)CN(S(=O)(=O)c1ccc(C(=O)NCCc3cccc4c3OCC4)cc1)C2. The Labute approximate surface area is 208 Å². The number of carbonyl (C=O) groups excluding carboxylic acids is 2. The molecule has 186 valence electrons. The number of anilines is 1. The summed E-state index contributed by atoms with van der Waals surface area (Å²) in [4.78, 5) is 24.1. The topological polar surface area (TPSA) is 118 Å². The van der Waals surface area contributed by atoms with Gasteiger partial charge in [0.25, 0.3) is 5.91 Å². The molecule has 2 aliphatic rings. The number of ether oxygens (including phenoxy) is 1. The third-order valence-corrected chi connectivity index (χ3v) is 8.03. The van der Waals surface area contributed by atoms with Gasteiger partial charge in [0.15, 0.2) is 5.88 Å². The molecular weight excluding hydrogens is 482 g/mol. The molecule has 3 aromatic rings. The Morgan fingerprint density at radius 2 is 1.89 bits per heavy atom. The predicted octanol–water partition coefficient (Wildman–Crippen LogP) is 3.02. The number of hydrogen-bond acceptors (Lipinski definition) is 6. The number of amides is 2. The molecule has 0 bridgehead atoms. The predicted molar refractivity (Wildman–Crippen MR) is 132 cm³/mol. The molecule has 0 aliphatic carbocycles. The van der Waals surface area contributed by atoms with Gasteiger partial charge in [-0.15, -0.1) is 0 Å². The van der Waals surface area contributed by atoms with Crippen molar-refractivity contribution in [1.82, 2.24) is 9.62 Å². The molecule has 0 atom stereocenters. The highest BCUT2D eigenvalue weighted by atomic mass is 32.2. The average Bonchev–Trinajstić information content (AvgIpc) is 3.59. The van der Waals surface area contributed by atoms with Crippen LogP contribution in [0.3, 0.4) is 0 Å². The number of fused-ring (bicyclic) bond motifs is 2. The zero-order valence-corrected chi connectivity index (χ0v) is 20.3. The lowest BCUT2D eigenvalue weighted by atomic mass is 10.1. The van der Waals surface area contributed by atoms with Gasteiger partial charge in [-0.3, -0.25) is 14.9 Å². The van der Waals surface area contributed by atoms with Crippen LogP contribution in [-0.4, -0.2) is 37.7 Å². The molecule has 5 rings (SSSR count). The van der Waals surface area contributed by atoms with E-state index in [2.05, 4.69) is 23.3 Å². The molecular formula is C26H25N3O6S. The molecule has 0 unspecified atom stereocenters. The quantitative estimate of drug-likeness (QED) is 0.453. The molecule has 3 heterocycles. The van der Waals surface area contributed by atoms with Gasteiger partial charge in [-0.2, -0.15) is 4.31 Å². The number of sulfonamides is 1. The van der Waals surface area contributed by atoms with Gasteiger partial charge in [-0.1, -0.05) is 24.8 Å². The second-order valence-corrected chi connectivity index (χ2v) is 10.5. The first-order chi connectivity index (χ1) is 17.3. The second-order valence-electron chi connectivity index (χ2n) is 8.56. The Kier molecular flexibility index (Phi) is 6.38. The normalized spacial score (nSPS) is 14.6. The first-order valence-corrected chi connectivity index (χ1v) is 13.0. The fourth-order valence-corrected chi connectivity index (χ4v) is 5.74. The third-order valence-electron chi connectivity index (χ3n) is 6.23. The standard InChI is InChI=1S/C26H25N3O6S/c1-2-23(30)28-24-14-20-15-29(16-22(20)35-24)36(32,33)21-8-6-19(7-9-21)26(31)27-12-10-17-4-3-5-18-11-13-34-25(17)18/h2-9,14H,1,10-13,15-16H2,(H,27,31)(H,28,30). The molecule has 0 radical (unpaired) electrons. The van der Waals surface area contributed by atoms with Crippen LogP contribution in [-0.2, 0) is 40.7 Å². The minimum Gasteiger partial charge on any atom is -0.493 e. The van der Waals surface area contributed by atoms with Gasteiger partial charge in [-0.05, 0) is 47.9 Å². The van der Waals surface area contributed by atoms with Crippen LogP contribution in [0.1, 0.15) is 32.8 Å². The zero-order chi connectivity index (χ0) is 25.3. The fraction of sp³-hybridized carbons (Fsp3) is 0.231. The molecule has 10 heteroatoms. The van der Waals surface area contributed by atoms with Crippen LogP contribution in [0.15, 0.2) is 70.5 Å². The molecule has 2 N–H and O–H groups in total. The summed E-state index contributed by atoms with van der Waals surface area (Å²) in [6, 6.07) is 13.5. The molecule has 0 spiro atoms. The van der Waals surface area contributed by atoms with E-state index in [9.17, 15) is 18.0 Å². The number of para-hydroxylation sites is 1. The van der Waals surface area contributed by atoms with Gasteiger partial charge in [0.05, 0.1) is 18.0 Å². The van der Waals surface area contributed by atoms with Crippen molar-refractivity contribution in [3.05, 3.63) is 89.2 Å². The number of carbonyl (C=O) groups is 2. The summed E-state index contributed by atoms with van der Waals surface area (Å²) >= 11 is 0. The number of furan rings is 1. The number of rotatable bonds is 8. The minimum atomic E-state index is -3.79. The lowest BCUT2D eigenvalue weighted by Gasteiger charge is -2.16. The fourth-order valence-electron chi connectivity index (χ4n) is 4.36. The molecule has 2 aromatic carbocycles. The van der Waals surface area contributed by atoms with Crippen LogP contribution in [0.5, 0.6) is 5.75 Å². The summed E-state index contributed by atoms with van der Waals surface area (Å²) in [6.45, 7) is 4.68. The van der Waals surface area contributed by atoms with Crippen LogP contribution in [0.25, 0.3) is 0 Å². The van der Waals surface area contributed by atoms with Crippen LogP contribution < -0.4 is 15.4 Å². The van der Waals surface area contributed by atoms with Crippen molar-refractivity contribution in [2.45, 2.75) is 30.8 Å². The summed E-state index contributed by atoms with van der Waals surface area (Å²) in [5.74, 6) is 0.961. The lowest BCUT2D eigenvalue weighted by Crippen LogP contribution is -2.27. The summed E-state index contributed by atoms with van der Waals surface area (Å²) in [5.41, 5.74) is 3.31. The Morgan fingerprint density at radius 1 is 1.08 bits per heavy atom. The van der Waals surface area contributed by atoms with E-state index in [1.165, 1.54) is 34.1 Å². The van der Waals surface area contributed by atoms with Crippen LogP contribution in [0, 0.1) is 0 Å². The van der Waals surface area contributed by atoms with Crippen molar-refractivity contribution in [2.75, 3.05) is 18.5 Å². The van der Waals surface area contributed by atoms with Gasteiger partial charge >= 0.3 is 0 Å². The van der Waals surface area contributed by atoms with E-state index >= 15 is 0 Å². The maximum atomic E-state index is 13.1. The minimum absolute atomic E-state index is 0.0523. The Bertz CT molecular complexity index is 1420. The van der Waals surface area contributed by atoms with Gasteiger partial charge in [0, 0.05) is 36.7 Å². The number of nitrogens with one attached hydrogen (secondary N) is 2. The molecule has 2 amide bonds. The molecule has 0 fully saturated rings. The van der Waals surface area contributed by atoms with Crippen LogP contribution in [0.4, 0.5) is 5.88 Å². The maximum absolute atomic E-state index is 13.1. The van der Waals surface area contributed by atoms with Gasteiger partial charge < -0.3 is 14.5 Å². The second kappa shape index (κ2) is 9.63. The molecule has 9 nitrogen and oxygen atoms in total. The van der Waals surface area contributed by atoms with Crippen LogP contribution in [0.2, 0.25) is 0 Å². The monoisotopic (exact) mass is 507 g/mol. The van der Waals surface area contributed by atoms with Crippen molar-refractivity contribution in [3.63, 3.8) is 0 Å². The van der Waals surface area contributed by atoms with E-state index in [1.807, 2.05) is 12.1 Å². The number of hydrogen-bond donors (Lipinski definition) is 2. The van der Waals surface area contributed by atoms with Crippen molar-refractivity contribution < 1.29 is 27.2 Å². The van der Waals surface area contributed by atoms with Gasteiger partial charge in [-0.25, -0.2) is 8.42 Å². The van der Waals surface area contributed by atoms with E-state index in [1.54, 1.807) is 6.07 Å².